The van der Waals surface area contributed by atoms with Crippen LogP contribution in [0.15, 0.2) is 41.3 Å². The third kappa shape index (κ3) is 3.13. The molecule has 0 saturated carbocycles. The summed E-state index contributed by atoms with van der Waals surface area (Å²) in [5, 5.41) is 0.528. The van der Waals surface area contributed by atoms with Gasteiger partial charge in [0.05, 0.1) is 10.6 Å². The van der Waals surface area contributed by atoms with Crippen molar-refractivity contribution in [3.05, 3.63) is 52.5 Å². The van der Waals surface area contributed by atoms with Gasteiger partial charge in [-0.2, -0.15) is 0 Å². The maximum atomic E-state index is 13.0. The van der Waals surface area contributed by atoms with Crippen molar-refractivity contribution in [1.82, 2.24) is 0 Å². The molecule has 0 aliphatic carbocycles. The van der Waals surface area contributed by atoms with Crippen LogP contribution in [0.4, 0.5) is 11.4 Å². The van der Waals surface area contributed by atoms with Crippen molar-refractivity contribution in [1.29, 1.82) is 0 Å². The summed E-state index contributed by atoms with van der Waals surface area (Å²) >= 11 is 5.93. The minimum Gasteiger partial charge on any atom is -0.398 e. The quantitative estimate of drug-likeness (QED) is 0.815. The Morgan fingerprint density at radius 1 is 1.22 bits per heavy atom. The van der Waals surface area contributed by atoms with Gasteiger partial charge in [0, 0.05) is 17.3 Å². The predicted octanol–water partition coefficient (Wildman–Crippen LogP) is 3.79. The van der Waals surface area contributed by atoms with Gasteiger partial charge in [0.25, 0.3) is 10.0 Å². The molecule has 2 N–H and O–H groups in total. The molecule has 0 fully saturated rings. The number of nitrogens with two attached hydrogens (primary N) is 1. The predicted molar refractivity (Wildman–Crippen MR) is 97.1 cm³/mol. The molecule has 124 valence electrons. The molecule has 1 aliphatic heterocycles. The van der Waals surface area contributed by atoms with E-state index >= 15 is 0 Å². The lowest BCUT2D eigenvalue weighted by Crippen LogP contribution is -2.36. The minimum absolute atomic E-state index is 0. The molecule has 7 heteroatoms. The molecule has 0 aromatic heterocycles. The molecule has 0 saturated heterocycles. The van der Waals surface area contributed by atoms with E-state index in [9.17, 15) is 8.42 Å². The zero-order valence-corrected chi connectivity index (χ0v) is 15.0. The molecule has 4 nitrogen and oxygen atoms in total. The van der Waals surface area contributed by atoms with Crippen molar-refractivity contribution in [2.75, 3.05) is 16.6 Å². The van der Waals surface area contributed by atoms with Gasteiger partial charge in [-0.3, -0.25) is 4.31 Å². The number of halogens is 2. The van der Waals surface area contributed by atoms with Crippen LogP contribution >= 0.6 is 24.0 Å². The van der Waals surface area contributed by atoms with Gasteiger partial charge >= 0.3 is 0 Å². The number of fused-ring (bicyclic) bond motifs is 1. The number of rotatable bonds is 2. The zero-order chi connectivity index (χ0) is 15.9. The van der Waals surface area contributed by atoms with Crippen molar-refractivity contribution in [2.24, 2.45) is 0 Å². The van der Waals surface area contributed by atoms with Gasteiger partial charge in [0.15, 0.2) is 0 Å². The summed E-state index contributed by atoms with van der Waals surface area (Å²) in [6.07, 6.45) is 1.56. The first-order chi connectivity index (χ1) is 10.4. The highest BCUT2D eigenvalue weighted by Crippen LogP contribution is 2.35. The molecule has 0 radical (unpaired) electrons. The van der Waals surface area contributed by atoms with Gasteiger partial charge < -0.3 is 5.73 Å². The van der Waals surface area contributed by atoms with Gasteiger partial charge in [0.2, 0.25) is 0 Å². The summed E-state index contributed by atoms with van der Waals surface area (Å²) in [7, 11) is -3.62. The lowest BCUT2D eigenvalue weighted by atomic mass is 10.0. The highest BCUT2D eigenvalue weighted by Gasteiger charge is 2.30. The Balaban J connectivity index is 0.00000192. The van der Waals surface area contributed by atoms with Crippen LogP contribution in [0, 0.1) is 6.92 Å². The van der Waals surface area contributed by atoms with Crippen molar-refractivity contribution < 1.29 is 8.42 Å². The van der Waals surface area contributed by atoms with E-state index in [0.29, 0.717) is 28.5 Å². The van der Waals surface area contributed by atoms with Crippen molar-refractivity contribution in [3.63, 3.8) is 0 Å². The second-order valence-electron chi connectivity index (χ2n) is 5.44. The normalized spacial score (nSPS) is 14.1. The van der Waals surface area contributed by atoms with Crippen molar-refractivity contribution in [3.8, 4) is 0 Å². The largest absolute Gasteiger partial charge is 0.398 e. The van der Waals surface area contributed by atoms with E-state index in [2.05, 4.69) is 0 Å². The molecule has 0 spiro atoms. The van der Waals surface area contributed by atoms with E-state index in [1.54, 1.807) is 31.2 Å². The Hall–Kier alpha value is -1.43. The highest BCUT2D eigenvalue weighted by atomic mass is 35.5. The van der Waals surface area contributed by atoms with Crippen molar-refractivity contribution in [2.45, 2.75) is 24.7 Å². The number of benzene rings is 2. The first-order valence-corrected chi connectivity index (χ1v) is 8.89. The standard InChI is InChI=1S/C16H17ClN2O2S.ClH/c1-11-10-12(17)7-8-16(11)22(20,21)19-9-3-4-13-14(18)5-2-6-15(13)19;/h2,5-8,10H,3-4,9,18H2,1H3;1H. The van der Waals surface area contributed by atoms with Crippen LogP contribution in [0.25, 0.3) is 0 Å². The number of nitrogens with zero attached hydrogens (tertiary/aromatic N) is 1. The second kappa shape index (κ2) is 6.59. The van der Waals surface area contributed by atoms with E-state index in [4.69, 9.17) is 17.3 Å². The number of aryl methyl sites for hydroxylation is 1. The minimum atomic E-state index is -3.62. The SMILES string of the molecule is Cc1cc(Cl)ccc1S(=O)(=O)N1CCCc2c(N)cccc21.Cl. The van der Waals surface area contributed by atoms with Crippen LogP contribution < -0.4 is 10.0 Å². The maximum absolute atomic E-state index is 13.0. The van der Waals surface area contributed by atoms with E-state index < -0.39 is 10.0 Å². The Kier molecular flexibility index (Phi) is 5.14. The summed E-state index contributed by atoms with van der Waals surface area (Å²) in [5.41, 5.74) is 8.87. The summed E-state index contributed by atoms with van der Waals surface area (Å²) in [6.45, 7) is 2.21. The van der Waals surface area contributed by atoms with E-state index in [1.807, 2.05) is 12.1 Å². The first-order valence-electron chi connectivity index (χ1n) is 7.07. The van der Waals surface area contributed by atoms with Crippen LogP contribution in [0.2, 0.25) is 5.02 Å². The molecular weight excluding hydrogens is 355 g/mol. The summed E-state index contributed by atoms with van der Waals surface area (Å²) in [5.74, 6) is 0. The van der Waals surface area contributed by atoms with Crippen molar-refractivity contribution >= 4 is 45.4 Å². The molecule has 0 unspecified atom stereocenters. The molecule has 0 bridgehead atoms. The Labute approximate surface area is 147 Å². The summed E-state index contributed by atoms with van der Waals surface area (Å²) < 4.78 is 27.5. The number of anilines is 2. The fourth-order valence-electron chi connectivity index (χ4n) is 2.89. The zero-order valence-electron chi connectivity index (χ0n) is 12.6. The lowest BCUT2D eigenvalue weighted by Gasteiger charge is -2.31. The number of hydrogen-bond acceptors (Lipinski definition) is 3. The van der Waals surface area contributed by atoms with Crippen LogP contribution in [-0.4, -0.2) is 15.0 Å². The number of nitrogen functional groups attached to an aromatic ring is 1. The van der Waals surface area contributed by atoms with Gasteiger partial charge in [-0.15, -0.1) is 12.4 Å². The topological polar surface area (TPSA) is 63.4 Å². The smallest absolute Gasteiger partial charge is 0.264 e. The van der Waals surface area contributed by atoms with Crippen LogP contribution in [0.1, 0.15) is 17.5 Å². The van der Waals surface area contributed by atoms with E-state index in [1.165, 1.54) is 4.31 Å². The molecular formula is C16H18Cl2N2O2S. The third-order valence-corrected chi connectivity index (χ3v) is 6.16. The van der Waals surface area contributed by atoms with Crippen LogP contribution in [-0.2, 0) is 16.4 Å². The fraction of sp³-hybridized carbons (Fsp3) is 0.250. The molecule has 3 rings (SSSR count). The molecule has 2 aromatic rings. The highest BCUT2D eigenvalue weighted by molar-refractivity contribution is 7.92. The number of hydrogen-bond donors (Lipinski definition) is 1. The summed E-state index contributed by atoms with van der Waals surface area (Å²) in [4.78, 5) is 0.284. The molecule has 1 heterocycles. The van der Waals surface area contributed by atoms with Gasteiger partial charge in [0.1, 0.15) is 0 Å². The average Bonchev–Trinajstić information content (AvgIpc) is 2.46. The van der Waals surface area contributed by atoms with Gasteiger partial charge in [-0.05, 0) is 61.2 Å². The first kappa shape index (κ1) is 17.9. The second-order valence-corrected chi connectivity index (χ2v) is 7.70. The Morgan fingerprint density at radius 2 is 1.96 bits per heavy atom. The summed E-state index contributed by atoms with van der Waals surface area (Å²) in [6, 6.07) is 10.2. The molecule has 0 atom stereocenters. The van der Waals surface area contributed by atoms with Gasteiger partial charge in [-0.25, -0.2) is 8.42 Å². The maximum Gasteiger partial charge on any atom is 0.264 e. The Morgan fingerprint density at radius 3 is 2.65 bits per heavy atom. The lowest BCUT2D eigenvalue weighted by molar-refractivity contribution is 0.586. The molecule has 0 amide bonds. The molecule has 2 aromatic carbocycles. The third-order valence-electron chi connectivity index (χ3n) is 3.95. The Bertz CT molecular complexity index is 838. The molecule has 1 aliphatic rings. The van der Waals surface area contributed by atoms with Crippen LogP contribution in [0.3, 0.4) is 0 Å². The van der Waals surface area contributed by atoms with Gasteiger partial charge in [-0.1, -0.05) is 17.7 Å². The van der Waals surface area contributed by atoms with E-state index in [0.717, 1.165) is 18.4 Å². The fourth-order valence-corrected chi connectivity index (χ4v) is 4.86. The average molecular weight is 373 g/mol. The number of sulfonamides is 1. The van der Waals surface area contributed by atoms with E-state index in [-0.39, 0.29) is 17.3 Å². The molecule has 23 heavy (non-hydrogen) atoms. The monoisotopic (exact) mass is 372 g/mol. The van der Waals surface area contributed by atoms with Crippen LogP contribution in [0.5, 0.6) is 0 Å².